The maximum atomic E-state index is 12.5. The summed E-state index contributed by atoms with van der Waals surface area (Å²) in [6, 6.07) is 6.60. The largest absolute Gasteiger partial charge is 0.488 e. The van der Waals surface area contributed by atoms with Crippen LogP contribution in [0.15, 0.2) is 35.3 Å². The fraction of sp³-hybridized carbons (Fsp3) is 0.567. The predicted molar refractivity (Wildman–Crippen MR) is 159 cm³/mol. The van der Waals surface area contributed by atoms with Crippen LogP contribution in [0.2, 0.25) is 0 Å². The van der Waals surface area contributed by atoms with Crippen molar-refractivity contribution in [2.24, 2.45) is 5.41 Å². The van der Waals surface area contributed by atoms with Gasteiger partial charge in [-0.2, -0.15) is 5.10 Å². The molecule has 0 saturated heterocycles. The molecule has 1 aliphatic rings. The molecule has 1 aliphatic heterocycles. The molecule has 39 heavy (non-hydrogen) atoms. The second kappa shape index (κ2) is 16.7. The van der Waals surface area contributed by atoms with Crippen LogP contribution in [0.1, 0.15) is 92.6 Å². The fourth-order valence-electron chi connectivity index (χ4n) is 3.98. The van der Waals surface area contributed by atoms with E-state index in [0.717, 1.165) is 5.39 Å². The van der Waals surface area contributed by atoms with E-state index in [0.29, 0.717) is 29.2 Å². The summed E-state index contributed by atoms with van der Waals surface area (Å²) in [5, 5.41) is 33.6. The lowest BCUT2D eigenvalue weighted by Crippen LogP contribution is -2.35. The van der Waals surface area contributed by atoms with Crippen LogP contribution in [0.25, 0.3) is 22.3 Å². The number of nitrogens with zero attached hydrogens (tertiary/aromatic N) is 3. The van der Waals surface area contributed by atoms with Crippen LogP contribution < -0.4 is 10.2 Å². The second-order valence-corrected chi connectivity index (χ2v) is 8.86. The highest BCUT2D eigenvalue weighted by Crippen LogP contribution is 2.43. The number of carboxylic acid groups (broad SMARTS) is 1. The number of hydrogen-bond donors (Lipinski definition) is 3. The number of carbonyl (C=O) groups is 1. The Morgan fingerprint density at radius 3 is 2.21 bits per heavy atom. The zero-order valence-corrected chi connectivity index (χ0v) is 25.6. The molecule has 220 valence electrons. The van der Waals surface area contributed by atoms with Crippen molar-refractivity contribution in [2.75, 3.05) is 13.2 Å². The van der Waals surface area contributed by atoms with Gasteiger partial charge in [0, 0.05) is 17.6 Å². The number of ether oxygens (including phenoxy) is 1. The maximum absolute atomic E-state index is 12.5. The summed E-state index contributed by atoms with van der Waals surface area (Å²) in [6.45, 7) is 22.2. The average molecular weight is 548 g/mol. The van der Waals surface area contributed by atoms with Crippen LogP contribution >= 0.6 is 0 Å². The Kier molecular flexibility index (Phi) is 15.4. The molecule has 2 atom stereocenters. The molecule has 3 N–H and O–H groups in total. The molecular weight excluding hydrogens is 498 g/mol. The van der Waals surface area contributed by atoms with E-state index in [1.54, 1.807) is 12.1 Å². The Morgan fingerprint density at radius 2 is 1.69 bits per heavy atom. The first-order valence-corrected chi connectivity index (χ1v) is 14.0. The standard InChI is InChI=1S/C22H25N3O6.4C2H6/c1-22(2,3)18-9-25-20(15-7-16(28)14(21(29)30)8-24(15)18)13-5-4-6-17(19(13)23-25)31-11-12(27)10-26;4*1-2/h4-8,12,18,26-27H,9-11H2,1-3H3,(H,29,30);4*1-2H3. The molecule has 0 amide bonds. The van der Waals surface area contributed by atoms with E-state index in [1.165, 1.54) is 12.3 Å². The molecule has 1 aromatic carbocycles. The first-order valence-electron chi connectivity index (χ1n) is 14.0. The van der Waals surface area contributed by atoms with Crippen LogP contribution in [-0.2, 0) is 6.54 Å². The highest BCUT2D eigenvalue weighted by molar-refractivity contribution is 5.96. The van der Waals surface area contributed by atoms with Crippen molar-refractivity contribution in [3.63, 3.8) is 0 Å². The van der Waals surface area contributed by atoms with Crippen molar-refractivity contribution in [1.29, 1.82) is 0 Å². The molecule has 4 rings (SSSR count). The summed E-state index contributed by atoms with van der Waals surface area (Å²) in [5.74, 6) is -0.801. The van der Waals surface area contributed by atoms with Crippen molar-refractivity contribution in [3.8, 4) is 17.1 Å². The number of fused-ring (bicyclic) bond motifs is 5. The zero-order chi connectivity index (χ0) is 30.5. The molecule has 0 saturated carbocycles. The third-order valence-corrected chi connectivity index (χ3v) is 5.61. The summed E-state index contributed by atoms with van der Waals surface area (Å²) >= 11 is 0. The number of aliphatic hydroxyl groups excluding tert-OH is 2. The summed E-state index contributed by atoms with van der Waals surface area (Å²) < 4.78 is 9.36. The van der Waals surface area contributed by atoms with E-state index in [2.05, 4.69) is 20.8 Å². The third kappa shape index (κ3) is 8.16. The van der Waals surface area contributed by atoms with Crippen LogP contribution in [-0.4, -0.2) is 55.0 Å². The number of hydrogen-bond acceptors (Lipinski definition) is 6. The first-order chi connectivity index (χ1) is 18.6. The monoisotopic (exact) mass is 547 g/mol. The zero-order valence-electron chi connectivity index (χ0n) is 25.6. The molecule has 3 aromatic rings. The normalized spacial score (nSPS) is 13.8. The second-order valence-electron chi connectivity index (χ2n) is 8.86. The lowest BCUT2D eigenvalue weighted by atomic mass is 9.85. The van der Waals surface area contributed by atoms with Crippen LogP contribution in [0.5, 0.6) is 5.75 Å². The first kappa shape index (κ1) is 35.8. The smallest absolute Gasteiger partial charge is 0.341 e. The van der Waals surface area contributed by atoms with Crippen molar-refractivity contribution >= 4 is 16.9 Å². The Labute approximate surface area is 233 Å². The quantitative estimate of drug-likeness (QED) is 0.357. The predicted octanol–water partition coefficient (Wildman–Crippen LogP) is 6.00. The van der Waals surface area contributed by atoms with Crippen molar-refractivity contribution in [1.82, 2.24) is 14.3 Å². The van der Waals surface area contributed by atoms with Gasteiger partial charge in [0.2, 0.25) is 0 Å². The molecule has 0 radical (unpaired) electrons. The van der Waals surface area contributed by atoms with Gasteiger partial charge in [-0.25, -0.2) is 4.79 Å². The van der Waals surface area contributed by atoms with E-state index in [1.807, 2.05) is 70.7 Å². The minimum absolute atomic E-state index is 0.0829. The van der Waals surface area contributed by atoms with Gasteiger partial charge in [-0.3, -0.25) is 9.48 Å². The van der Waals surface area contributed by atoms with Gasteiger partial charge in [0.05, 0.1) is 30.6 Å². The lowest BCUT2D eigenvalue weighted by molar-refractivity contribution is 0.0540. The SMILES string of the molecule is CC.CC.CC.CC.CC(C)(C)C1Cn2nc3c(OCC(O)CO)cccc3c2-c2cc(=O)c(C(=O)O)cn21. The summed E-state index contributed by atoms with van der Waals surface area (Å²) in [7, 11) is 0. The number of carboxylic acids is 1. The molecule has 0 bridgehead atoms. The van der Waals surface area contributed by atoms with Crippen LogP contribution in [0.3, 0.4) is 0 Å². The molecular formula is C30H49N3O6. The van der Waals surface area contributed by atoms with Crippen LogP contribution in [0, 0.1) is 5.41 Å². The molecule has 0 fully saturated rings. The Morgan fingerprint density at radius 1 is 1.10 bits per heavy atom. The van der Waals surface area contributed by atoms with E-state index in [-0.39, 0.29) is 23.6 Å². The number of aromatic nitrogens is 3. The average Bonchev–Trinajstić information content (AvgIpc) is 3.34. The molecule has 2 unspecified atom stereocenters. The molecule has 3 heterocycles. The van der Waals surface area contributed by atoms with Gasteiger partial charge in [0.15, 0.2) is 5.43 Å². The maximum Gasteiger partial charge on any atom is 0.341 e. The highest BCUT2D eigenvalue weighted by atomic mass is 16.5. The molecule has 9 nitrogen and oxygen atoms in total. The number of aromatic carboxylic acids is 1. The van der Waals surface area contributed by atoms with Gasteiger partial charge < -0.3 is 24.6 Å². The van der Waals surface area contributed by atoms with E-state index < -0.39 is 24.1 Å². The van der Waals surface area contributed by atoms with Gasteiger partial charge >= 0.3 is 5.97 Å². The minimum Gasteiger partial charge on any atom is -0.488 e. The van der Waals surface area contributed by atoms with E-state index >= 15 is 0 Å². The molecule has 2 aromatic heterocycles. The van der Waals surface area contributed by atoms with Crippen molar-refractivity contribution < 1.29 is 24.9 Å². The van der Waals surface area contributed by atoms with Gasteiger partial charge in [-0.15, -0.1) is 0 Å². The molecule has 0 aliphatic carbocycles. The summed E-state index contributed by atoms with van der Waals surface area (Å²) in [6.07, 6.45) is 0.419. The van der Waals surface area contributed by atoms with Crippen molar-refractivity contribution in [2.45, 2.75) is 94.9 Å². The summed E-state index contributed by atoms with van der Waals surface area (Å²) in [5.41, 5.74) is 0.803. The Bertz CT molecular complexity index is 1220. The minimum atomic E-state index is -1.25. The third-order valence-electron chi connectivity index (χ3n) is 5.61. The number of rotatable bonds is 5. The highest BCUT2D eigenvalue weighted by Gasteiger charge is 2.35. The van der Waals surface area contributed by atoms with Crippen molar-refractivity contribution in [3.05, 3.63) is 46.2 Å². The van der Waals surface area contributed by atoms with Gasteiger partial charge in [0.1, 0.15) is 29.5 Å². The van der Waals surface area contributed by atoms with Crippen LogP contribution in [0.4, 0.5) is 0 Å². The van der Waals surface area contributed by atoms with Gasteiger partial charge in [0.25, 0.3) is 0 Å². The summed E-state index contributed by atoms with van der Waals surface area (Å²) in [4.78, 5) is 24.1. The Balaban J connectivity index is 0.00000166. The lowest BCUT2D eigenvalue weighted by Gasteiger charge is -2.38. The Hall–Kier alpha value is -3.17. The fourth-order valence-corrected chi connectivity index (χ4v) is 3.98. The topological polar surface area (TPSA) is 127 Å². The van der Waals surface area contributed by atoms with E-state index in [4.69, 9.17) is 14.9 Å². The van der Waals surface area contributed by atoms with Gasteiger partial charge in [-0.1, -0.05) is 88.3 Å². The molecule has 9 heteroatoms. The number of aliphatic hydroxyl groups is 2. The number of benzene rings is 1. The van der Waals surface area contributed by atoms with Gasteiger partial charge in [-0.05, 0) is 11.5 Å². The molecule has 0 spiro atoms. The number of pyridine rings is 1. The van der Waals surface area contributed by atoms with E-state index in [9.17, 15) is 19.8 Å².